The minimum absolute atomic E-state index is 0.0720. The molecule has 3 rings (SSSR count). The molecule has 0 fully saturated rings. The number of non-ortho nitro benzene ring substituents is 1. The highest BCUT2D eigenvalue weighted by Gasteiger charge is 2.18. The highest BCUT2D eigenvalue weighted by Crippen LogP contribution is 2.33. The molecule has 0 unspecified atom stereocenters. The van der Waals surface area contributed by atoms with Crippen LogP contribution < -0.4 is 5.63 Å². The number of rotatable bonds is 2. The first-order chi connectivity index (χ1) is 10.1. The highest BCUT2D eigenvalue weighted by molar-refractivity contribution is 5.90. The average molecular weight is 284 g/mol. The Morgan fingerprint density at radius 2 is 2.05 bits per heavy atom. The van der Waals surface area contributed by atoms with E-state index in [1.54, 1.807) is 12.1 Å². The summed E-state index contributed by atoms with van der Waals surface area (Å²) in [6.07, 6.45) is 1.46. The summed E-state index contributed by atoms with van der Waals surface area (Å²) in [5.41, 5.74) is -0.783. The van der Waals surface area contributed by atoms with Crippen LogP contribution in [0.25, 0.3) is 22.2 Å². The lowest BCUT2D eigenvalue weighted by molar-refractivity contribution is -0.384. The van der Waals surface area contributed by atoms with Crippen LogP contribution in [-0.2, 0) is 0 Å². The molecule has 1 aromatic carbocycles. The Balaban J connectivity index is 2.36. The number of fused-ring (bicyclic) bond motifs is 1. The van der Waals surface area contributed by atoms with Crippen molar-refractivity contribution >= 4 is 16.7 Å². The lowest BCUT2D eigenvalue weighted by Crippen LogP contribution is -2.04. The molecule has 0 amide bonds. The quantitative estimate of drug-likeness (QED) is 0.440. The Morgan fingerprint density at radius 3 is 2.71 bits per heavy atom. The first kappa shape index (κ1) is 12.8. The number of hydrogen-bond donors (Lipinski definition) is 1. The van der Waals surface area contributed by atoms with Crippen molar-refractivity contribution in [1.82, 2.24) is 4.98 Å². The van der Waals surface area contributed by atoms with Crippen LogP contribution in [0.4, 0.5) is 5.69 Å². The lowest BCUT2D eigenvalue weighted by atomic mass is 10.1. The van der Waals surface area contributed by atoms with Crippen molar-refractivity contribution in [2.45, 2.75) is 0 Å². The van der Waals surface area contributed by atoms with Gasteiger partial charge in [0.05, 0.1) is 16.0 Å². The molecule has 2 heterocycles. The van der Waals surface area contributed by atoms with Crippen molar-refractivity contribution in [3.05, 3.63) is 63.1 Å². The van der Waals surface area contributed by atoms with Crippen molar-refractivity contribution in [2.24, 2.45) is 0 Å². The van der Waals surface area contributed by atoms with E-state index in [1.807, 2.05) is 0 Å². The Hall–Kier alpha value is -3.22. The second-order valence-electron chi connectivity index (χ2n) is 4.27. The van der Waals surface area contributed by atoms with E-state index in [-0.39, 0.29) is 33.7 Å². The molecule has 0 aliphatic rings. The van der Waals surface area contributed by atoms with E-state index in [9.17, 15) is 20.0 Å². The predicted octanol–water partition coefficient (Wildman–Crippen LogP) is 2.47. The number of nitro groups is 1. The van der Waals surface area contributed by atoms with Gasteiger partial charge in [0.25, 0.3) is 5.69 Å². The Bertz CT molecular complexity index is 902. The van der Waals surface area contributed by atoms with Crippen LogP contribution in [0, 0.1) is 10.1 Å². The summed E-state index contributed by atoms with van der Waals surface area (Å²) < 4.78 is 5.08. The minimum Gasteiger partial charge on any atom is -0.506 e. The molecule has 0 atom stereocenters. The van der Waals surface area contributed by atoms with E-state index in [0.29, 0.717) is 0 Å². The molecule has 3 aromatic rings. The topological polar surface area (TPSA) is 106 Å². The summed E-state index contributed by atoms with van der Waals surface area (Å²) in [4.78, 5) is 26.2. The summed E-state index contributed by atoms with van der Waals surface area (Å²) >= 11 is 0. The van der Waals surface area contributed by atoms with Gasteiger partial charge in [0.1, 0.15) is 16.9 Å². The zero-order valence-electron chi connectivity index (χ0n) is 10.5. The first-order valence-electron chi connectivity index (χ1n) is 5.93. The zero-order valence-corrected chi connectivity index (χ0v) is 10.5. The summed E-state index contributed by atoms with van der Waals surface area (Å²) in [6, 6.07) is 8.48. The zero-order chi connectivity index (χ0) is 15.0. The van der Waals surface area contributed by atoms with Crippen molar-refractivity contribution in [3.63, 3.8) is 0 Å². The second kappa shape index (κ2) is 4.71. The van der Waals surface area contributed by atoms with Gasteiger partial charge in [-0.2, -0.15) is 0 Å². The molecule has 21 heavy (non-hydrogen) atoms. The molecular weight excluding hydrogens is 276 g/mol. The summed E-state index contributed by atoms with van der Waals surface area (Å²) in [5.74, 6) is -0.386. The SMILES string of the molecule is O=c1oc2ccc([N+](=O)[O-])cc2c(O)c1-c1ccccn1. The lowest BCUT2D eigenvalue weighted by Gasteiger charge is -2.05. The fourth-order valence-electron chi connectivity index (χ4n) is 2.02. The molecule has 0 radical (unpaired) electrons. The molecule has 0 aliphatic heterocycles. The molecule has 0 bridgehead atoms. The molecule has 104 valence electrons. The minimum atomic E-state index is -0.757. The van der Waals surface area contributed by atoms with Gasteiger partial charge in [-0.1, -0.05) is 6.07 Å². The van der Waals surface area contributed by atoms with Gasteiger partial charge in [-0.15, -0.1) is 0 Å². The maximum absolute atomic E-state index is 12.0. The normalized spacial score (nSPS) is 10.7. The van der Waals surface area contributed by atoms with Crippen molar-refractivity contribution in [2.75, 3.05) is 0 Å². The standard InChI is InChI=1S/C14H8N2O5/c17-13-9-7-8(16(19)20)4-5-11(9)21-14(18)12(13)10-3-1-2-6-15-10/h1-7,17H. The number of hydrogen-bond acceptors (Lipinski definition) is 6. The average Bonchev–Trinajstić information content (AvgIpc) is 2.48. The maximum atomic E-state index is 12.0. The third-order valence-corrected chi connectivity index (χ3v) is 2.99. The Morgan fingerprint density at radius 1 is 1.24 bits per heavy atom. The molecule has 0 spiro atoms. The third-order valence-electron chi connectivity index (χ3n) is 2.99. The smallest absolute Gasteiger partial charge is 0.349 e. The van der Waals surface area contributed by atoms with Crippen LogP contribution in [0.5, 0.6) is 5.75 Å². The van der Waals surface area contributed by atoms with E-state index < -0.39 is 10.5 Å². The molecule has 2 aromatic heterocycles. The molecule has 7 nitrogen and oxygen atoms in total. The number of aromatic nitrogens is 1. The van der Waals surface area contributed by atoms with Crippen LogP contribution in [0.3, 0.4) is 0 Å². The molecule has 7 heteroatoms. The van der Waals surface area contributed by atoms with Gasteiger partial charge < -0.3 is 9.52 Å². The van der Waals surface area contributed by atoms with Crippen LogP contribution in [-0.4, -0.2) is 15.0 Å². The molecule has 0 saturated heterocycles. The fourth-order valence-corrected chi connectivity index (χ4v) is 2.02. The van der Waals surface area contributed by atoms with Crippen LogP contribution in [0.1, 0.15) is 0 Å². The van der Waals surface area contributed by atoms with Gasteiger partial charge in [-0.25, -0.2) is 4.79 Å². The van der Waals surface area contributed by atoms with E-state index in [0.717, 1.165) is 6.07 Å². The van der Waals surface area contributed by atoms with Gasteiger partial charge in [-0.3, -0.25) is 15.1 Å². The largest absolute Gasteiger partial charge is 0.506 e. The second-order valence-corrected chi connectivity index (χ2v) is 4.27. The third kappa shape index (κ3) is 2.10. The van der Waals surface area contributed by atoms with Crippen LogP contribution in [0.15, 0.2) is 51.8 Å². The number of nitro benzene ring substituents is 1. The highest BCUT2D eigenvalue weighted by atomic mass is 16.6. The van der Waals surface area contributed by atoms with Gasteiger partial charge in [0.15, 0.2) is 0 Å². The molecule has 0 saturated carbocycles. The predicted molar refractivity (Wildman–Crippen MR) is 74.0 cm³/mol. The fraction of sp³-hybridized carbons (Fsp3) is 0. The Labute approximate surface area is 117 Å². The first-order valence-corrected chi connectivity index (χ1v) is 5.93. The summed E-state index contributed by atoms with van der Waals surface area (Å²) in [6.45, 7) is 0. The Kier molecular flexibility index (Phi) is 2.87. The number of benzene rings is 1. The molecular formula is C14H8N2O5. The van der Waals surface area contributed by atoms with Crippen molar-refractivity contribution < 1.29 is 14.4 Å². The van der Waals surface area contributed by atoms with Crippen LogP contribution in [0.2, 0.25) is 0 Å². The van der Waals surface area contributed by atoms with E-state index in [2.05, 4.69) is 4.98 Å². The van der Waals surface area contributed by atoms with E-state index in [1.165, 1.54) is 24.4 Å². The number of aromatic hydroxyl groups is 1. The van der Waals surface area contributed by atoms with Gasteiger partial charge >= 0.3 is 5.63 Å². The van der Waals surface area contributed by atoms with Gasteiger partial charge in [0, 0.05) is 18.3 Å². The molecule has 0 aliphatic carbocycles. The summed E-state index contributed by atoms with van der Waals surface area (Å²) in [5, 5.41) is 21.2. The van der Waals surface area contributed by atoms with Gasteiger partial charge in [-0.05, 0) is 18.2 Å². The van der Waals surface area contributed by atoms with Crippen molar-refractivity contribution in [3.8, 4) is 17.0 Å². The van der Waals surface area contributed by atoms with E-state index in [4.69, 9.17) is 4.42 Å². The van der Waals surface area contributed by atoms with E-state index >= 15 is 0 Å². The maximum Gasteiger partial charge on any atom is 0.349 e. The number of nitrogens with zero attached hydrogens (tertiary/aromatic N) is 2. The molecule has 1 N–H and O–H groups in total. The summed E-state index contributed by atoms with van der Waals surface area (Å²) in [7, 11) is 0. The van der Waals surface area contributed by atoms with Crippen LogP contribution >= 0.6 is 0 Å². The van der Waals surface area contributed by atoms with Crippen molar-refractivity contribution in [1.29, 1.82) is 0 Å². The number of pyridine rings is 1. The monoisotopic (exact) mass is 284 g/mol. The van der Waals surface area contributed by atoms with Gasteiger partial charge in [0.2, 0.25) is 0 Å².